The molecule has 0 radical (unpaired) electrons. The summed E-state index contributed by atoms with van der Waals surface area (Å²) in [6.07, 6.45) is 0.546. The highest BCUT2D eigenvalue weighted by Gasteiger charge is 2.47. The van der Waals surface area contributed by atoms with Crippen LogP contribution in [0.15, 0.2) is 24.3 Å². The first-order valence-electron chi connectivity index (χ1n) is 6.76. The van der Waals surface area contributed by atoms with Crippen LogP contribution in [-0.2, 0) is 4.79 Å². The first-order valence-corrected chi connectivity index (χ1v) is 7.14. The van der Waals surface area contributed by atoms with E-state index in [1.54, 1.807) is 12.1 Å². The molecule has 0 aliphatic heterocycles. The van der Waals surface area contributed by atoms with E-state index in [2.05, 4.69) is 5.32 Å². The number of carbonyl (C=O) groups excluding carboxylic acids is 1. The van der Waals surface area contributed by atoms with Crippen LogP contribution in [-0.4, -0.2) is 29.8 Å². The van der Waals surface area contributed by atoms with Gasteiger partial charge in [0.25, 0.3) is 0 Å². The number of para-hydroxylation sites is 1. The summed E-state index contributed by atoms with van der Waals surface area (Å²) in [5, 5.41) is 13.1. The van der Waals surface area contributed by atoms with E-state index in [1.807, 2.05) is 26.0 Å². The Morgan fingerprint density at radius 3 is 2.80 bits per heavy atom. The molecule has 2 unspecified atom stereocenters. The summed E-state index contributed by atoms with van der Waals surface area (Å²) >= 11 is 5.96. The molecular weight excluding hydrogens is 278 g/mol. The first kappa shape index (κ1) is 15.1. The van der Waals surface area contributed by atoms with Gasteiger partial charge in [0.05, 0.1) is 24.2 Å². The Morgan fingerprint density at radius 1 is 1.50 bits per heavy atom. The molecule has 2 rings (SSSR count). The summed E-state index contributed by atoms with van der Waals surface area (Å²) in [6, 6.07) is 7.21. The van der Waals surface area contributed by atoms with Gasteiger partial charge >= 0.3 is 0 Å². The third-order valence-corrected chi connectivity index (χ3v) is 4.29. The van der Waals surface area contributed by atoms with Crippen LogP contribution < -0.4 is 10.1 Å². The fourth-order valence-electron chi connectivity index (χ4n) is 2.23. The summed E-state index contributed by atoms with van der Waals surface area (Å²) in [7, 11) is 0. The topological polar surface area (TPSA) is 58.6 Å². The van der Waals surface area contributed by atoms with E-state index in [0.717, 1.165) is 0 Å². The molecule has 110 valence electrons. The number of halogens is 1. The lowest BCUT2D eigenvalue weighted by molar-refractivity contribution is -0.129. The second-order valence-corrected chi connectivity index (χ2v) is 6.13. The molecule has 2 N–H and O–H groups in total. The van der Waals surface area contributed by atoms with E-state index >= 15 is 0 Å². The van der Waals surface area contributed by atoms with Crippen molar-refractivity contribution in [3.63, 3.8) is 0 Å². The highest BCUT2D eigenvalue weighted by Crippen LogP contribution is 2.40. The zero-order valence-corrected chi connectivity index (χ0v) is 12.5. The maximum Gasteiger partial charge on any atom is 0.223 e. The number of amides is 1. The molecule has 0 aromatic heterocycles. The molecule has 1 aliphatic carbocycles. The Kier molecular flexibility index (Phi) is 4.55. The molecule has 1 amide bonds. The molecule has 0 spiro atoms. The standard InChI is InChI=1S/C15H20ClNO3/c1-15(2)12(9-13(15)18)17-14(19)7-8-20-11-6-4-3-5-10(11)16/h3-6,12-13,18H,7-9H2,1-2H3,(H,17,19). The van der Waals surface area contributed by atoms with Gasteiger partial charge in [-0.15, -0.1) is 0 Å². The predicted molar refractivity (Wildman–Crippen MR) is 77.9 cm³/mol. The van der Waals surface area contributed by atoms with Crippen molar-refractivity contribution in [2.45, 2.75) is 38.8 Å². The molecule has 1 fully saturated rings. The largest absolute Gasteiger partial charge is 0.491 e. The van der Waals surface area contributed by atoms with Gasteiger partial charge in [0.1, 0.15) is 5.75 Å². The van der Waals surface area contributed by atoms with Gasteiger partial charge in [0.2, 0.25) is 5.91 Å². The average Bonchev–Trinajstić information content (AvgIpc) is 2.41. The average molecular weight is 298 g/mol. The lowest BCUT2D eigenvalue weighted by atomic mass is 9.64. The Morgan fingerprint density at radius 2 is 2.20 bits per heavy atom. The molecule has 2 atom stereocenters. The van der Waals surface area contributed by atoms with E-state index in [9.17, 15) is 9.90 Å². The minimum atomic E-state index is -0.341. The molecule has 1 aromatic carbocycles. The maximum absolute atomic E-state index is 11.8. The SMILES string of the molecule is CC1(C)C(O)CC1NC(=O)CCOc1ccccc1Cl. The van der Waals surface area contributed by atoms with Gasteiger partial charge in [-0.25, -0.2) is 0 Å². The van der Waals surface area contributed by atoms with Gasteiger partial charge in [-0.2, -0.15) is 0 Å². The van der Waals surface area contributed by atoms with Crippen LogP contribution in [0.1, 0.15) is 26.7 Å². The van der Waals surface area contributed by atoms with Gasteiger partial charge in [0.15, 0.2) is 0 Å². The molecule has 0 bridgehead atoms. The lowest BCUT2D eigenvalue weighted by Gasteiger charge is -2.49. The molecule has 4 nitrogen and oxygen atoms in total. The van der Waals surface area contributed by atoms with Crippen molar-refractivity contribution in [2.75, 3.05) is 6.61 Å². The number of rotatable bonds is 5. The Labute approximate surface area is 124 Å². The molecule has 1 aromatic rings. The zero-order chi connectivity index (χ0) is 14.8. The van der Waals surface area contributed by atoms with E-state index in [-0.39, 0.29) is 36.5 Å². The number of hydrogen-bond donors (Lipinski definition) is 2. The van der Waals surface area contributed by atoms with Crippen LogP contribution in [0.2, 0.25) is 5.02 Å². The molecule has 20 heavy (non-hydrogen) atoms. The predicted octanol–water partition coefficient (Wildman–Crippen LogP) is 2.38. The lowest BCUT2D eigenvalue weighted by Crippen LogP contribution is -2.61. The van der Waals surface area contributed by atoms with Gasteiger partial charge in [-0.3, -0.25) is 4.79 Å². The minimum absolute atomic E-state index is 0.0327. The second-order valence-electron chi connectivity index (χ2n) is 5.72. The van der Waals surface area contributed by atoms with Gasteiger partial charge < -0.3 is 15.2 Å². The highest BCUT2D eigenvalue weighted by atomic mass is 35.5. The summed E-state index contributed by atoms with van der Waals surface area (Å²) in [4.78, 5) is 11.8. The number of aliphatic hydroxyl groups excluding tert-OH is 1. The molecular formula is C15H20ClNO3. The second kappa shape index (κ2) is 6.02. The molecule has 1 aliphatic rings. The van der Waals surface area contributed by atoms with Crippen LogP contribution >= 0.6 is 11.6 Å². The van der Waals surface area contributed by atoms with Gasteiger partial charge in [0, 0.05) is 11.5 Å². The minimum Gasteiger partial charge on any atom is -0.491 e. The summed E-state index contributed by atoms with van der Waals surface area (Å²) in [6.45, 7) is 4.18. The van der Waals surface area contributed by atoms with E-state index in [0.29, 0.717) is 17.2 Å². The van der Waals surface area contributed by atoms with E-state index in [1.165, 1.54) is 0 Å². The normalized spacial score (nSPS) is 23.8. The number of hydrogen-bond acceptors (Lipinski definition) is 3. The van der Waals surface area contributed by atoms with Crippen molar-refractivity contribution < 1.29 is 14.6 Å². The Hall–Kier alpha value is -1.26. The molecule has 5 heteroatoms. The number of benzene rings is 1. The van der Waals surface area contributed by atoms with Crippen molar-refractivity contribution in [1.29, 1.82) is 0 Å². The van der Waals surface area contributed by atoms with Crippen molar-refractivity contribution >= 4 is 17.5 Å². The van der Waals surface area contributed by atoms with E-state index < -0.39 is 0 Å². The summed E-state index contributed by atoms with van der Waals surface area (Å²) in [5.74, 6) is 0.517. The van der Waals surface area contributed by atoms with Crippen molar-refractivity contribution in [3.8, 4) is 5.75 Å². The van der Waals surface area contributed by atoms with E-state index in [4.69, 9.17) is 16.3 Å². The monoisotopic (exact) mass is 297 g/mol. The van der Waals surface area contributed by atoms with Gasteiger partial charge in [-0.1, -0.05) is 37.6 Å². The number of ether oxygens (including phenoxy) is 1. The fourth-order valence-corrected chi connectivity index (χ4v) is 2.42. The van der Waals surface area contributed by atoms with Crippen LogP contribution in [0, 0.1) is 5.41 Å². The van der Waals surface area contributed by atoms with Crippen molar-refractivity contribution in [1.82, 2.24) is 5.32 Å². The number of aliphatic hydroxyl groups is 1. The zero-order valence-electron chi connectivity index (χ0n) is 11.7. The van der Waals surface area contributed by atoms with Gasteiger partial charge in [-0.05, 0) is 18.6 Å². The fraction of sp³-hybridized carbons (Fsp3) is 0.533. The summed E-state index contributed by atoms with van der Waals surface area (Å²) < 4.78 is 5.47. The number of nitrogens with one attached hydrogen (secondary N) is 1. The van der Waals surface area contributed by atoms with Crippen LogP contribution in [0.25, 0.3) is 0 Å². The highest BCUT2D eigenvalue weighted by molar-refractivity contribution is 6.32. The Balaban J connectivity index is 1.73. The molecule has 0 saturated heterocycles. The maximum atomic E-state index is 11.8. The third-order valence-electron chi connectivity index (χ3n) is 3.97. The third kappa shape index (κ3) is 3.25. The first-order chi connectivity index (χ1) is 9.41. The van der Waals surface area contributed by atoms with Crippen LogP contribution in [0.3, 0.4) is 0 Å². The molecule has 0 heterocycles. The quantitative estimate of drug-likeness (QED) is 0.877. The summed E-state index contributed by atoms with van der Waals surface area (Å²) in [5.41, 5.74) is -0.251. The molecule has 1 saturated carbocycles. The Bertz CT molecular complexity index is 490. The van der Waals surface area contributed by atoms with Crippen LogP contribution in [0.4, 0.5) is 0 Å². The number of carbonyl (C=O) groups is 1. The smallest absolute Gasteiger partial charge is 0.223 e. The van der Waals surface area contributed by atoms with Crippen LogP contribution in [0.5, 0.6) is 5.75 Å². The van der Waals surface area contributed by atoms with Crippen molar-refractivity contribution in [3.05, 3.63) is 29.3 Å². The van der Waals surface area contributed by atoms with Crippen molar-refractivity contribution in [2.24, 2.45) is 5.41 Å².